The predicted molar refractivity (Wildman–Crippen MR) is 113 cm³/mol. The first kappa shape index (κ1) is 18.7. The van der Waals surface area contributed by atoms with Gasteiger partial charge in [0.1, 0.15) is 5.82 Å². The number of anilines is 1. The average Bonchev–Trinajstić information content (AvgIpc) is 3.18. The predicted octanol–water partition coefficient (Wildman–Crippen LogP) is 5.60. The average molecular weight is 378 g/mol. The van der Waals surface area contributed by atoms with E-state index in [1.54, 1.807) is 6.07 Å². The van der Waals surface area contributed by atoms with E-state index in [0.717, 1.165) is 65.0 Å². The van der Waals surface area contributed by atoms with E-state index in [9.17, 15) is 4.39 Å². The topological polar surface area (TPSA) is 44.8 Å². The van der Waals surface area contributed by atoms with Crippen LogP contribution in [0.2, 0.25) is 0 Å². The third-order valence-corrected chi connectivity index (χ3v) is 5.79. The van der Waals surface area contributed by atoms with E-state index in [1.165, 1.54) is 5.57 Å². The van der Waals surface area contributed by atoms with Crippen molar-refractivity contribution < 1.29 is 4.39 Å². The van der Waals surface area contributed by atoms with Gasteiger partial charge in [0.05, 0.1) is 0 Å². The van der Waals surface area contributed by atoms with Crippen LogP contribution in [0.4, 0.5) is 10.3 Å². The number of H-pyrrole nitrogens is 1. The molecule has 1 aliphatic heterocycles. The van der Waals surface area contributed by atoms with Gasteiger partial charge in [0.2, 0.25) is 5.95 Å². The molecule has 1 aliphatic rings. The highest BCUT2D eigenvalue weighted by Gasteiger charge is 2.22. The van der Waals surface area contributed by atoms with Crippen molar-refractivity contribution in [2.75, 3.05) is 18.0 Å². The molecular formula is C23H27FN4. The van der Waals surface area contributed by atoms with Crippen LogP contribution >= 0.6 is 0 Å². The Morgan fingerprint density at radius 1 is 1.25 bits per heavy atom. The number of aromatic nitrogens is 3. The van der Waals surface area contributed by atoms with E-state index in [2.05, 4.69) is 33.7 Å². The van der Waals surface area contributed by atoms with Gasteiger partial charge in [-0.1, -0.05) is 13.8 Å². The molecular weight excluding hydrogens is 351 g/mol. The number of nitrogens with one attached hydrogen (secondary N) is 1. The Labute approximate surface area is 165 Å². The van der Waals surface area contributed by atoms with Crippen molar-refractivity contribution in [2.24, 2.45) is 0 Å². The maximum absolute atomic E-state index is 14.9. The van der Waals surface area contributed by atoms with E-state index < -0.39 is 0 Å². The van der Waals surface area contributed by atoms with Crippen molar-refractivity contribution in [1.82, 2.24) is 15.0 Å². The summed E-state index contributed by atoms with van der Waals surface area (Å²) in [5.74, 6) is 1.02. The van der Waals surface area contributed by atoms with Crippen molar-refractivity contribution in [2.45, 2.75) is 46.5 Å². The summed E-state index contributed by atoms with van der Waals surface area (Å²) in [7, 11) is 0. The number of fused-ring (bicyclic) bond motifs is 1. The van der Waals surface area contributed by atoms with Gasteiger partial charge in [-0.25, -0.2) is 14.4 Å². The lowest BCUT2D eigenvalue weighted by Gasteiger charge is -2.30. The lowest BCUT2D eigenvalue weighted by atomic mass is 9.92. The van der Waals surface area contributed by atoms with Crippen LogP contribution in [0, 0.1) is 12.7 Å². The van der Waals surface area contributed by atoms with Crippen LogP contribution in [0.1, 0.15) is 56.2 Å². The molecule has 0 amide bonds. The molecule has 4 rings (SSSR count). The molecule has 1 saturated heterocycles. The Morgan fingerprint density at radius 2 is 2.00 bits per heavy atom. The van der Waals surface area contributed by atoms with Crippen LogP contribution in [-0.4, -0.2) is 28.0 Å². The van der Waals surface area contributed by atoms with Crippen LogP contribution < -0.4 is 4.90 Å². The number of allylic oxidation sites excluding steroid dienone is 1. The molecule has 0 bridgehead atoms. The molecule has 5 heteroatoms. The number of nitrogens with zero attached hydrogens (tertiary/aromatic N) is 3. The third kappa shape index (κ3) is 3.30. The van der Waals surface area contributed by atoms with Crippen molar-refractivity contribution in [3.05, 3.63) is 58.8 Å². The molecule has 3 heterocycles. The Balaban J connectivity index is 1.69. The minimum atomic E-state index is -0.149. The molecule has 1 N–H and O–H groups in total. The van der Waals surface area contributed by atoms with Gasteiger partial charge in [-0.2, -0.15) is 0 Å². The molecule has 3 aromatic rings. The second kappa shape index (κ2) is 7.38. The van der Waals surface area contributed by atoms with Crippen molar-refractivity contribution in [3.8, 4) is 0 Å². The summed E-state index contributed by atoms with van der Waals surface area (Å²) < 4.78 is 14.9. The van der Waals surface area contributed by atoms with Crippen LogP contribution in [0.15, 0.2) is 36.3 Å². The monoisotopic (exact) mass is 378 g/mol. The molecule has 0 spiro atoms. The fourth-order valence-electron chi connectivity index (χ4n) is 4.07. The fraction of sp³-hybridized carbons (Fsp3) is 0.391. The van der Waals surface area contributed by atoms with Crippen LogP contribution in [0.5, 0.6) is 0 Å². The van der Waals surface area contributed by atoms with E-state index >= 15 is 0 Å². The number of aromatic amines is 1. The molecule has 2 aromatic heterocycles. The molecule has 28 heavy (non-hydrogen) atoms. The highest BCUT2D eigenvalue weighted by molar-refractivity contribution is 5.94. The molecule has 1 aromatic carbocycles. The van der Waals surface area contributed by atoms with Gasteiger partial charge in [-0.15, -0.1) is 0 Å². The zero-order chi connectivity index (χ0) is 19.8. The van der Waals surface area contributed by atoms with Crippen LogP contribution in [0.3, 0.4) is 0 Å². The van der Waals surface area contributed by atoms with Gasteiger partial charge in [0.15, 0.2) is 0 Å². The minimum Gasteiger partial charge on any atom is -0.361 e. The second-order valence-corrected chi connectivity index (χ2v) is 8.04. The lowest BCUT2D eigenvalue weighted by Crippen LogP contribution is -2.33. The number of hydrogen-bond acceptors (Lipinski definition) is 3. The fourth-order valence-corrected chi connectivity index (χ4v) is 4.07. The molecule has 0 atom stereocenters. The van der Waals surface area contributed by atoms with Crippen molar-refractivity contribution in [1.29, 1.82) is 0 Å². The molecule has 4 nitrogen and oxygen atoms in total. The minimum absolute atomic E-state index is 0.149. The van der Waals surface area contributed by atoms with Gasteiger partial charge in [0.25, 0.3) is 0 Å². The van der Waals surface area contributed by atoms with Gasteiger partial charge in [0, 0.05) is 48.1 Å². The Hall–Kier alpha value is -2.69. The zero-order valence-corrected chi connectivity index (χ0v) is 17.0. The maximum atomic E-state index is 14.9. The number of aryl methyl sites for hydroxylation is 1. The molecule has 146 valence electrons. The summed E-state index contributed by atoms with van der Waals surface area (Å²) in [6.07, 6.45) is 7.72. The summed E-state index contributed by atoms with van der Waals surface area (Å²) in [6, 6.07) is 3.60. The standard InChI is InChI=1S/C23H27FN4/c1-14(2)18-11-26-23(27-12-18)28-9-5-6-17(13-28)16(4)21-19-7-8-25-22(19)15(3)10-20(21)24/h7-8,10-12,14,25H,5-6,9,13H2,1-4H3/b17-16-. The highest BCUT2D eigenvalue weighted by atomic mass is 19.1. The first-order valence-corrected chi connectivity index (χ1v) is 9.97. The van der Waals surface area contributed by atoms with Crippen molar-refractivity contribution in [3.63, 3.8) is 0 Å². The summed E-state index contributed by atoms with van der Waals surface area (Å²) in [5, 5.41) is 0.956. The summed E-state index contributed by atoms with van der Waals surface area (Å²) in [6.45, 7) is 9.93. The largest absolute Gasteiger partial charge is 0.361 e. The van der Waals surface area contributed by atoms with Gasteiger partial charge >= 0.3 is 0 Å². The lowest BCUT2D eigenvalue weighted by molar-refractivity contribution is 0.623. The quantitative estimate of drug-likeness (QED) is 0.645. The number of halogens is 1. The summed E-state index contributed by atoms with van der Waals surface area (Å²) in [4.78, 5) is 14.6. The normalized spacial score (nSPS) is 16.9. The Morgan fingerprint density at radius 3 is 2.71 bits per heavy atom. The van der Waals surface area contributed by atoms with E-state index in [0.29, 0.717) is 5.92 Å². The Kier molecular flexibility index (Phi) is 4.92. The van der Waals surface area contributed by atoms with E-state index in [-0.39, 0.29) is 5.82 Å². The zero-order valence-electron chi connectivity index (χ0n) is 17.0. The van der Waals surface area contributed by atoms with Crippen molar-refractivity contribution >= 4 is 22.4 Å². The molecule has 0 aliphatic carbocycles. The Bertz CT molecular complexity index is 1030. The second-order valence-electron chi connectivity index (χ2n) is 8.04. The summed E-state index contributed by atoms with van der Waals surface area (Å²) >= 11 is 0. The summed E-state index contributed by atoms with van der Waals surface area (Å²) in [5.41, 5.74) is 6.09. The number of piperidine rings is 1. The number of hydrogen-bond donors (Lipinski definition) is 1. The first-order chi connectivity index (χ1) is 13.5. The van der Waals surface area contributed by atoms with E-state index in [4.69, 9.17) is 0 Å². The van der Waals surface area contributed by atoms with Gasteiger partial charge in [-0.05, 0) is 67.0 Å². The number of benzene rings is 1. The third-order valence-electron chi connectivity index (χ3n) is 5.79. The van der Waals surface area contributed by atoms with Gasteiger partial charge in [-0.3, -0.25) is 0 Å². The van der Waals surface area contributed by atoms with Gasteiger partial charge < -0.3 is 9.88 Å². The SMILES string of the molecule is C/C(=C1\CCCN(c2ncc(C(C)C)cn2)C1)c1c(F)cc(C)c2[nH]ccc12. The van der Waals surface area contributed by atoms with E-state index in [1.807, 2.05) is 38.5 Å². The number of rotatable bonds is 3. The molecule has 0 radical (unpaired) electrons. The molecule has 0 unspecified atom stereocenters. The highest BCUT2D eigenvalue weighted by Crippen LogP contribution is 2.34. The molecule has 1 fully saturated rings. The van der Waals surface area contributed by atoms with Crippen LogP contribution in [-0.2, 0) is 0 Å². The maximum Gasteiger partial charge on any atom is 0.225 e. The first-order valence-electron chi connectivity index (χ1n) is 9.97. The molecule has 0 saturated carbocycles. The van der Waals surface area contributed by atoms with Crippen LogP contribution in [0.25, 0.3) is 16.5 Å². The smallest absolute Gasteiger partial charge is 0.225 e.